The molecule has 0 spiro atoms. The van der Waals surface area contributed by atoms with E-state index in [1.54, 1.807) is 27.0 Å². The fourth-order valence-corrected chi connectivity index (χ4v) is 2.04. The van der Waals surface area contributed by atoms with Crippen molar-refractivity contribution in [3.63, 3.8) is 0 Å². The summed E-state index contributed by atoms with van der Waals surface area (Å²) in [4.78, 5) is 20.1. The number of hydrogen-bond acceptors (Lipinski definition) is 5. The summed E-state index contributed by atoms with van der Waals surface area (Å²) < 4.78 is 5.01. The number of nitrogens with zero attached hydrogens (tertiary/aromatic N) is 2. The second-order valence-electron chi connectivity index (χ2n) is 3.91. The Kier molecular flexibility index (Phi) is 4.77. The first-order valence-corrected chi connectivity index (χ1v) is 6.78. The molecule has 0 amide bonds. The normalized spacial score (nSPS) is 11.4. The molecule has 0 aromatic carbocycles. The quantitative estimate of drug-likeness (QED) is 0.366. The zero-order valence-electron chi connectivity index (χ0n) is 10.3. The van der Waals surface area contributed by atoms with Gasteiger partial charge in [-0.05, 0) is 27.0 Å². The van der Waals surface area contributed by atoms with Gasteiger partial charge in [0.05, 0.1) is 12.0 Å². The predicted molar refractivity (Wildman–Crippen MR) is 68.5 cm³/mol. The molecule has 1 heterocycles. The van der Waals surface area contributed by atoms with Crippen molar-refractivity contribution in [2.45, 2.75) is 31.3 Å². The summed E-state index contributed by atoms with van der Waals surface area (Å²) in [6.07, 6.45) is 3.44. The van der Waals surface area contributed by atoms with Gasteiger partial charge in [0.25, 0.3) is 0 Å². The lowest BCUT2D eigenvalue weighted by molar-refractivity contribution is -0.148. The molecule has 0 saturated heterocycles. The van der Waals surface area contributed by atoms with Crippen LogP contribution in [-0.4, -0.2) is 28.8 Å². The first-order valence-electron chi connectivity index (χ1n) is 5.17. The van der Waals surface area contributed by atoms with Crippen LogP contribution in [0, 0.1) is 0 Å². The Hall–Kier alpha value is -0.810. The monoisotopic (exact) mass is 274 g/mol. The van der Waals surface area contributed by atoms with Crippen molar-refractivity contribution in [3.05, 3.63) is 16.9 Å². The number of ether oxygens (including phenoxy) is 1. The minimum absolute atomic E-state index is 0.294. The number of aromatic nitrogens is 2. The van der Waals surface area contributed by atoms with Crippen LogP contribution >= 0.6 is 23.4 Å². The van der Waals surface area contributed by atoms with Crippen molar-refractivity contribution in [2.75, 3.05) is 12.9 Å². The van der Waals surface area contributed by atoms with E-state index in [0.717, 1.165) is 0 Å². The number of carbonyl (C=O) groups excluding carboxylic acids is 1. The molecule has 1 aromatic rings. The lowest BCUT2D eigenvalue weighted by Gasteiger charge is -2.22. The van der Waals surface area contributed by atoms with Gasteiger partial charge in [0.2, 0.25) is 0 Å². The molecular formula is C11H15ClN2O2S. The van der Waals surface area contributed by atoms with Crippen LogP contribution in [0.25, 0.3) is 0 Å². The molecule has 0 fully saturated rings. The second-order valence-corrected chi connectivity index (χ2v) is 5.04. The Morgan fingerprint density at radius 2 is 2.24 bits per heavy atom. The summed E-state index contributed by atoms with van der Waals surface area (Å²) in [6, 6.07) is 0. The number of esters is 1. The Labute approximate surface area is 110 Å². The van der Waals surface area contributed by atoms with Crippen LogP contribution in [0.2, 0.25) is 5.15 Å². The average Bonchev–Trinajstić information content (AvgIpc) is 2.28. The SMILES string of the molecule is CCOC(=O)C(C)(C)c1cnc(SC)nc1Cl. The van der Waals surface area contributed by atoms with Crippen LogP contribution in [0.4, 0.5) is 0 Å². The zero-order chi connectivity index (χ0) is 13.1. The molecule has 0 aliphatic heterocycles. The molecule has 1 rings (SSSR count). The van der Waals surface area contributed by atoms with Gasteiger partial charge in [0.15, 0.2) is 5.16 Å². The minimum Gasteiger partial charge on any atom is -0.465 e. The molecular weight excluding hydrogens is 260 g/mol. The van der Waals surface area contributed by atoms with Gasteiger partial charge in [-0.1, -0.05) is 23.4 Å². The van der Waals surface area contributed by atoms with E-state index in [9.17, 15) is 4.79 Å². The molecule has 6 heteroatoms. The summed E-state index contributed by atoms with van der Waals surface area (Å²) in [6.45, 7) is 5.59. The van der Waals surface area contributed by atoms with Crippen molar-refractivity contribution in [3.8, 4) is 0 Å². The van der Waals surface area contributed by atoms with E-state index in [-0.39, 0.29) is 5.97 Å². The van der Waals surface area contributed by atoms with Gasteiger partial charge in [0.1, 0.15) is 5.15 Å². The lowest BCUT2D eigenvalue weighted by atomic mass is 9.87. The van der Waals surface area contributed by atoms with E-state index < -0.39 is 5.41 Å². The highest BCUT2D eigenvalue weighted by Crippen LogP contribution is 2.30. The maximum absolute atomic E-state index is 11.8. The fourth-order valence-electron chi connectivity index (χ4n) is 1.29. The highest BCUT2D eigenvalue weighted by atomic mass is 35.5. The fraction of sp³-hybridized carbons (Fsp3) is 0.545. The van der Waals surface area contributed by atoms with Crippen molar-refractivity contribution in [2.24, 2.45) is 0 Å². The van der Waals surface area contributed by atoms with Crippen LogP contribution < -0.4 is 0 Å². The molecule has 0 saturated carbocycles. The maximum Gasteiger partial charge on any atom is 0.316 e. The molecule has 0 unspecified atom stereocenters. The van der Waals surface area contributed by atoms with Gasteiger partial charge in [-0.25, -0.2) is 9.97 Å². The highest BCUT2D eigenvalue weighted by molar-refractivity contribution is 7.98. The standard InChI is InChI=1S/C11H15ClN2O2S/c1-5-16-9(15)11(2,3)7-6-13-10(17-4)14-8(7)12/h6H,5H2,1-4H3. The van der Waals surface area contributed by atoms with Crippen LogP contribution in [0.3, 0.4) is 0 Å². The number of rotatable bonds is 4. The molecule has 17 heavy (non-hydrogen) atoms. The van der Waals surface area contributed by atoms with Gasteiger partial charge in [-0.2, -0.15) is 0 Å². The Bertz CT molecular complexity index is 424. The Morgan fingerprint density at radius 3 is 2.71 bits per heavy atom. The van der Waals surface area contributed by atoms with E-state index in [2.05, 4.69) is 9.97 Å². The molecule has 1 aromatic heterocycles. The van der Waals surface area contributed by atoms with E-state index >= 15 is 0 Å². The number of halogens is 1. The zero-order valence-corrected chi connectivity index (χ0v) is 11.9. The number of hydrogen-bond donors (Lipinski definition) is 0. The van der Waals surface area contributed by atoms with Crippen molar-refractivity contribution >= 4 is 29.3 Å². The summed E-state index contributed by atoms with van der Waals surface area (Å²) in [7, 11) is 0. The molecule has 0 aliphatic rings. The molecule has 0 aliphatic carbocycles. The molecule has 0 bridgehead atoms. The summed E-state index contributed by atoms with van der Waals surface area (Å²) in [5.74, 6) is -0.331. The van der Waals surface area contributed by atoms with Crippen molar-refractivity contribution in [1.82, 2.24) is 9.97 Å². The number of thioether (sulfide) groups is 1. The van der Waals surface area contributed by atoms with E-state index in [4.69, 9.17) is 16.3 Å². The third kappa shape index (κ3) is 3.10. The van der Waals surface area contributed by atoms with Crippen molar-refractivity contribution < 1.29 is 9.53 Å². The van der Waals surface area contributed by atoms with Crippen LogP contribution in [0.5, 0.6) is 0 Å². The van der Waals surface area contributed by atoms with E-state index in [1.165, 1.54) is 11.8 Å². The van der Waals surface area contributed by atoms with E-state index in [1.807, 2.05) is 6.26 Å². The van der Waals surface area contributed by atoms with Gasteiger partial charge in [-0.15, -0.1) is 0 Å². The van der Waals surface area contributed by atoms with E-state index in [0.29, 0.717) is 22.5 Å². The predicted octanol–water partition coefficient (Wildman–Crippen LogP) is 2.69. The second kappa shape index (κ2) is 5.69. The van der Waals surface area contributed by atoms with Crippen LogP contribution in [0.15, 0.2) is 11.4 Å². The Morgan fingerprint density at radius 1 is 1.59 bits per heavy atom. The summed E-state index contributed by atoms with van der Waals surface area (Å²) in [5.41, 5.74) is -0.264. The molecule has 4 nitrogen and oxygen atoms in total. The van der Waals surface area contributed by atoms with Crippen LogP contribution in [-0.2, 0) is 14.9 Å². The average molecular weight is 275 g/mol. The Balaban J connectivity index is 3.10. The smallest absolute Gasteiger partial charge is 0.316 e. The molecule has 0 radical (unpaired) electrons. The minimum atomic E-state index is -0.843. The lowest BCUT2D eigenvalue weighted by Crippen LogP contribution is -2.31. The van der Waals surface area contributed by atoms with Gasteiger partial charge < -0.3 is 4.74 Å². The first kappa shape index (κ1) is 14.3. The number of carbonyl (C=O) groups is 1. The molecule has 0 atom stereocenters. The van der Waals surface area contributed by atoms with Gasteiger partial charge >= 0.3 is 5.97 Å². The summed E-state index contributed by atoms with van der Waals surface area (Å²) in [5, 5.41) is 0.876. The third-order valence-corrected chi connectivity index (χ3v) is 3.21. The maximum atomic E-state index is 11.8. The van der Waals surface area contributed by atoms with Gasteiger partial charge in [-0.3, -0.25) is 4.79 Å². The van der Waals surface area contributed by atoms with Gasteiger partial charge in [0, 0.05) is 11.8 Å². The third-order valence-electron chi connectivity index (χ3n) is 2.36. The molecule has 0 N–H and O–H groups in total. The molecule has 94 valence electrons. The van der Waals surface area contributed by atoms with Crippen molar-refractivity contribution in [1.29, 1.82) is 0 Å². The summed E-state index contributed by atoms with van der Waals surface area (Å²) >= 11 is 7.46. The topological polar surface area (TPSA) is 52.1 Å². The first-order chi connectivity index (χ1) is 7.93. The van der Waals surface area contributed by atoms with Crippen LogP contribution in [0.1, 0.15) is 26.3 Å². The highest BCUT2D eigenvalue weighted by Gasteiger charge is 2.34. The largest absolute Gasteiger partial charge is 0.465 e.